The lowest BCUT2D eigenvalue weighted by atomic mass is 10.0. The first-order chi connectivity index (χ1) is 30.7. The van der Waals surface area contributed by atoms with E-state index in [1.54, 1.807) is 24.3 Å². The Kier molecular flexibility index (Phi) is 22.5. The van der Waals surface area contributed by atoms with Crippen molar-refractivity contribution in [3.8, 4) is 47.4 Å². The number of nitro groups is 2. The van der Waals surface area contributed by atoms with E-state index < -0.39 is 9.85 Å². The van der Waals surface area contributed by atoms with Crippen LogP contribution in [0.25, 0.3) is 0 Å². The number of amides is 2. The molecular formula is C53H56N4O6. The van der Waals surface area contributed by atoms with Crippen molar-refractivity contribution in [1.82, 2.24) is 0 Å². The second-order valence-corrected chi connectivity index (χ2v) is 15.4. The van der Waals surface area contributed by atoms with Crippen molar-refractivity contribution in [2.45, 2.75) is 122 Å². The van der Waals surface area contributed by atoms with E-state index in [9.17, 15) is 29.8 Å². The summed E-state index contributed by atoms with van der Waals surface area (Å²) >= 11 is 0. The van der Waals surface area contributed by atoms with Gasteiger partial charge in [0.25, 0.3) is 11.4 Å². The van der Waals surface area contributed by atoms with E-state index >= 15 is 0 Å². The predicted octanol–water partition coefficient (Wildman–Crippen LogP) is 12.3. The third-order valence-corrected chi connectivity index (χ3v) is 10.2. The number of carbonyl (C=O) groups is 2. The molecule has 0 atom stereocenters. The fourth-order valence-electron chi connectivity index (χ4n) is 6.83. The summed E-state index contributed by atoms with van der Waals surface area (Å²) < 4.78 is 0. The number of carbonyl (C=O) groups excluding carboxylic acids is 2. The molecule has 0 spiro atoms. The summed E-state index contributed by atoms with van der Waals surface area (Å²) in [6.07, 6.45) is 21.2. The molecule has 10 heteroatoms. The predicted molar refractivity (Wildman–Crippen MR) is 252 cm³/mol. The molecule has 324 valence electrons. The smallest absolute Gasteiger partial charge is 0.270 e. The average Bonchev–Trinajstić information content (AvgIpc) is 3.28. The number of hydrogen-bond donors (Lipinski definition) is 2. The zero-order valence-corrected chi connectivity index (χ0v) is 36.0. The molecule has 0 aromatic heterocycles. The number of non-ortho nitro benzene ring substituents is 2. The maximum Gasteiger partial charge on any atom is 0.270 e. The molecule has 0 aliphatic heterocycles. The number of rotatable bonds is 24. The Hall–Kier alpha value is -7.14. The maximum atomic E-state index is 12.5. The van der Waals surface area contributed by atoms with Gasteiger partial charge in [-0.1, -0.05) is 144 Å². The van der Waals surface area contributed by atoms with Crippen LogP contribution < -0.4 is 10.6 Å². The highest BCUT2D eigenvalue weighted by Gasteiger charge is 2.07. The van der Waals surface area contributed by atoms with Crippen LogP contribution in [0.5, 0.6) is 0 Å². The van der Waals surface area contributed by atoms with Crippen LogP contribution >= 0.6 is 0 Å². The molecule has 4 aromatic carbocycles. The largest absolute Gasteiger partial charge is 0.326 e. The minimum atomic E-state index is -0.456. The molecule has 63 heavy (non-hydrogen) atoms. The quantitative estimate of drug-likeness (QED) is 0.0311. The molecule has 0 unspecified atom stereocenters. The first kappa shape index (κ1) is 48.5. The molecule has 0 fully saturated rings. The molecule has 0 saturated heterocycles. The lowest BCUT2D eigenvalue weighted by Gasteiger charge is -2.06. The number of hydrogen-bond acceptors (Lipinski definition) is 6. The van der Waals surface area contributed by atoms with Gasteiger partial charge in [0.05, 0.1) is 9.85 Å². The number of benzene rings is 4. The molecule has 0 radical (unpaired) electrons. The van der Waals surface area contributed by atoms with Gasteiger partial charge in [0.15, 0.2) is 0 Å². The molecule has 0 aliphatic carbocycles. The van der Waals surface area contributed by atoms with Crippen LogP contribution in [-0.2, 0) is 9.59 Å². The second-order valence-electron chi connectivity index (χ2n) is 15.4. The molecule has 0 bridgehead atoms. The van der Waals surface area contributed by atoms with Crippen LogP contribution in [0, 0.1) is 67.6 Å². The number of nitro benzene ring substituents is 2. The monoisotopic (exact) mass is 844 g/mol. The second kappa shape index (κ2) is 29.2. The van der Waals surface area contributed by atoms with Crippen LogP contribution in [0.2, 0.25) is 0 Å². The Morgan fingerprint density at radius 1 is 0.397 bits per heavy atom. The number of nitrogens with one attached hydrogen (secondary N) is 2. The van der Waals surface area contributed by atoms with Crippen LogP contribution in [0.1, 0.15) is 144 Å². The van der Waals surface area contributed by atoms with Gasteiger partial charge < -0.3 is 10.6 Å². The summed E-state index contributed by atoms with van der Waals surface area (Å²) in [5.74, 6) is 22.6. The maximum absolute atomic E-state index is 12.5. The fraction of sp³-hybridized carbons (Fsp3) is 0.358. The Bertz CT molecular complexity index is 2230. The first-order valence-corrected chi connectivity index (χ1v) is 22.1. The van der Waals surface area contributed by atoms with Gasteiger partial charge in [-0.05, 0) is 85.1 Å². The van der Waals surface area contributed by atoms with Gasteiger partial charge in [0, 0.05) is 70.7 Å². The highest BCUT2D eigenvalue weighted by Crippen LogP contribution is 2.17. The number of unbranched alkanes of at least 4 members (excludes halogenated alkanes) is 16. The zero-order chi connectivity index (χ0) is 44.7. The van der Waals surface area contributed by atoms with Crippen LogP contribution in [0.15, 0.2) is 97.1 Å². The summed E-state index contributed by atoms with van der Waals surface area (Å²) in [4.78, 5) is 45.9. The van der Waals surface area contributed by atoms with E-state index in [-0.39, 0.29) is 23.2 Å². The van der Waals surface area contributed by atoms with Crippen LogP contribution in [-0.4, -0.2) is 21.7 Å². The third kappa shape index (κ3) is 21.3. The minimum Gasteiger partial charge on any atom is -0.326 e. The highest BCUT2D eigenvalue weighted by molar-refractivity contribution is 5.91. The first-order valence-electron chi connectivity index (χ1n) is 22.1. The zero-order valence-electron chi connectivity index (χ0n) is 36.0. The van der Waals surface area contributed by atoms with Gasteiger partial charge in [-0.25, -0.2) is 0 Å². The van der Waals surface area contributed by atoms with Crippen LogP contribution in [0.4, 0.5) is 22.7 Å². The normalized spacial score (nSPS) is 10.0. The summed E-state index contributed by atoms with van der Waals surface area (Å²) in [5, 5.41) is 27.8. The Labute approximate surface area is 372 Å². The standard InChI is InChI=1S/C53H56N4O6/c58-52(54-48-34-22-30-44(40-48)26-18-20-28-46-32-24-36-50(42-46)56(60)61)38-16-14-12-10-8-6-4-2-1-3-5-7-9-11-13-15-17-39-53(59)55-49-35-23-31-45(41-49)27-19-21-29-47-33-25-37-51(43-47)57(62)63/h22-25,30-37,40-43H,1-17,38-39H2,(H,54,58)(H,55,59). The molecule has 4 rings (SSSR count). The van der Waals surface area contributed by atoms with Gasteiger partial charge in [-0.2, -0.15) is 0 Å². The minimum absolute atomic E-state index is 0.000233. The molecular weight excluding hydrogens is 789 g/mol. The van der Waals surface area contributed by atoms with E-state index in [1.165, 1.54) is 94.9 Å². The van der Waals surface area contributed by atoms with Crippen molar-refractivity contribution >= 4 is 34.6 Å². The van der Waals surface area contributed by atoms with Crippen molar-refractivity contribution in [1.29, 1.82) is 0 Å². The van der Waals surface area contributed by atoms with Gasteiger partial charge in [-0.3, -0.25) is 29.8 Å². The summed E-state index contributed by atoms with van der Waals surface area (Å²) in [5.41, 5.74) is 3.87. The van der Waals surface area contributed by atoms with E-state index in [0.717, 1.165) is 49.7 Å². The van der Waals surface area contributed by atoms with E-state index in [2.05, 4.69) is 58.0 Å². The van der Waals surface area contributed by atoms with E-state index in [4.69, 9.17) is 0 Å². The molecule has 0 aliphatic rings. The van der Waals surface area contributed by atoms with Gasteiger partial charge >= 0.3 is 0 Å². The van der Waals surface area contributed by atoms with Gasteiger partial charge in [0.1, 0.15) is 0 Å². The van der Waals surface area contributed by atoms with Crippen LogP contribution in [0.3, 0.4) is 0 Å². The van der Waals surface area contributed by atoms with Crippen molar-refractivity contribution in [2.75, 3.05) is 10.6 Å². The van der Waals surface area contributed by atoms with Crippen molar-refractivity contribution < 1.29 is 19.4 Å². The Morgan fingerprint density at radius 3 is 0.968 bits per heavy atom. The van der Waals surface area contributed by atoms with Crippen molar-refractivity contribution in [2.24, 2.45) is 0 Å². The van der Waals surface area contributed by atoms with E-state index in [0.29, 0.717) is 35.3 Å². The lowest BCUT2D eigenvalue weighted by Crippen LogP contribution is -2.11. The molecule has 2 N–H and O–H groups in total. The third-order valence-electron chi connectivity index (χ3n) is 10.2. The number of anilines is 2. The number of nitrogens with zero attached hydrogens (tertiary/aromatic N) is 2. The molecule has 2 amide bonds. The van der Waals surface area contributed by atoms with Gasteiger partial charge in [0.2, 0.25) is 11.8 Å². The topological polar surface area (TPSA) is 144 Å². The molecule has 0 saturated carbocycles. The molecule has 0 heterocycles. The van der Waals surface area contributed by atoms with E-state index in [1.807, 2.05) is 48.5 Å². The average molecular weight is 845 g/mol. The summed E-state index contributed by atoms with van der Waals surface area (Å²) in [6.45, 7) is 0. The van der Waals surface area contributed by atoms with Crippen molar-refractivity contribution in [3.05, 3.63) is 140 Å². The lowest BCUT2D eigenvalue weighted by molar-refractivity contribution is -0.385. The summed E-state index contributed by atoms with van der Waals surface area (Å²) in [6, 6.07) is 26.9. The van der Waals surface area contributed by atoms with Gasteiger partial charge in [-0.15, -0.1) is 0 Å². The summed E-state index contributed by atoms with van der Waals surface area (Å²) in [7, 11) is 0. The van der Waals surface area contributed by atoms with Crippen molar-refractivity contribution in [3.63, 3.8) is 0 Å². The Morgan fingerprint density at radius 2 is 0.667 bits per heavy atom. The highest BCUT2D eigenvalue weighted by atomic mass is 16.6. The molecule has 10 nitrogen and oxygen atoms in total. The molecule has 4 aromatic rings. The Balaban J connectivity index is 0.916. The SMILES string of the molecule is O=C(CCCCCCCCCCCCCCCCCCCC(=O)Nc1cccc(C#CC#Cc2cccc([N+](=O)[O-])c2)c1)Nc1cccc(C#CC#Cc2cccc([N+](=O)[O-])c2)c1. The fourth-order valence-corrected chi connectivity index (χ4v) is 6.83.